The summed E-state index contributed by atoms with van der Waals surface area (Å²) < 4.78 is 1.87. The number of hydrogen-bond donors (Lipinski definition) is 1. The zero-order valence-electron chi connectivity index (χ0n) is 10.8. The van der Waals surface area contributed by atoms with E-state index in [-0.39, 0.29) is 0 Å². The Morgan fingerprint density at radius 2 is 2.22 bits per heavy atom. The number of aryl methyl sites for hydroxylation is 1. The van der Waals surface area contributed by atoms with Gasteiger partial charge in [-0.2, -0.15) is 5.10 Å². The van der Waals surface area contributed by atoms with Gasteiger partial charge in [-0.05, 0) is 30.9 Å². The van der Waals surface area contributed by atoms with Crippen molar-refractivity contribution in [1.29, 1.82) is 0 Å². The maximum Gasteiger partial charge on any atom is 0.138 e. The third-order valence-corrected chi connectivity index (χ3v) is 3.67. The van der Waals surface area contributed by atoms with E-state index in [1.807, 2.05) is 11.7 Å². The number of anilines is 1. The second-order valence-corrected chi connectivity index (χ2v) is 5.07. The fourth-order valence-corrected chi connectivity index (χ4v) is 2.78. The van der Waals surface area contributed by atoms with Gasteiger partial charge in [0.2, 0.25) is 0 Å². The summed E-state index contributed by atoms with van der Waals surface area (Å²) in [7, 11) is 1.96. The van der Waals surface area contributed by atoms with Crippen LogP contribution in [0.25, 0.3) is 0 Å². The van der Waals surface area contributed by atoms with Crippen LogP contribution in [0, 0.1) is 0 Å². The summed E-state index contributed by atoms with van der Waals surface area (Å²) >= 11 is 0. The Morgan fingerprint density at radius 1 is 1.39 bits per heavy atom. The summed E-state index contributed by atoms with van der Waals surface area (Å²) in [6.07, 6.45) is 3.73. The lowest BCUT2D eigenvalue weighted by molar-refractivity contribution is 0.527. The molecule has 1 N–H and O–H groups in total. The van der Waals surface area contributed by atoms with Gasteiger partial charge in [-0.15, -0.1) is 0 Å². The quantitative estimate of drug-likeness (QED) is 0.879. The molecule has 0 spiro atoms. The highest BCUT2D eigenvalue weighted by molar-refractivity contribution is 5.55. The molecule has 0 radical (unpaired) electrons. The van der Waals surface area contributed by atoms with E-state index in [0.29, 0.717) is 12.0 Å². The molecule has 1 aromatic heterocycles. The minimum absolute atomic E-state index is 0.512. The Kier molecular flexibility index (Phi) is 2.78. The van der Waals surface area contributed by atoms with Gasteiger partial charge in [0.25, 0.3) is 0 Å². The van der Waals surface area contributed by atoms with E-state index in [9.17, 15) is 0 Å². The van der Waals surface area contributed by atoms with Crippen LogP contribution in [0.3, 0.4) is 0 Å². The molecule has 0 aliphatic carbocycles. The third kappa shape index (κ3) is 1.98. The van der Waals surface area contributed by atoms with E-state index in [1.165, 1.54) is 11.3 Å². The topological polar surface area (TPSA) is 42.7 Å². The molecule has 94 valence electrons. The molecular weight excluding hydrogens is 224 g/mol. The van der Waals surface area contributed by atoms with Crippen LogP contribution in [0.15, 0.2) is 30.6 Å². The van der Waals surface area contributed by atoms with E-state index in [1.54, 1.807) is 6.33 Å². The normalized spacial score (nSPS) is 22.3. The van der Waals surface area contributed by atoms with Crippen LogP contribution in [0.4, 0.5) is 5.69 Å². The molecule has 2 atom stereocenters. The highest BCUT2D eigenvalue weighted by Gasteiger charge is 2.25. The molecule has 0 fully saturated rings. The number of para-hydroxylation sites is 1. The lowest BCUT2D eigenvalue weighted by atomic mass is 9.85. The summed E-state index contributed by atoms with van der Waals surface area (Å²) in [4.78, 5) is 4.34. The van der Waals surface area contributed by atoms with Crippen molar-refractivity contribution < 1.29 is 0 Å². The number of nitrogens with one attached hydrogen (secondary N) is 1. The summed E-state index contributed by atoms with van der Waals surface area (Å²) in [5.41, 5.74) is 2.67. The second kappa shape index (κ2) is 4.44. The van der Waals surface area contributed by atoms with Crippen molar-refractivity contribution in [3.8, 4) is 0 Å². The van der Waals surface area contributed by atoms with E-state index in [0.717, 1.165) is 18.7 Å². The average molecular weight is 242 g/mol. The fraction of sp³-hybridized carbons (Fsp3) is 0.429. The lowest BCUT2D eigenvalue weighted by Crippen LogP contribution is -2.26. The summed E-state index contributed by atoms with van der Waals surface area (Å²) in [6.45, 7) is 2.24. The molecule has 1 aliphatic heterocycles. The first-order chi connectivity index (χ1) is 8.74. The maximum atomic E-state index is 4.34. The van der Waals surface area contributed by atoms with Crippen LogP contribution in [0.1, 0.15) is 30.7 Å². The number of fused-ring (bicyclic) bond motifs is 1. The number of benzene rings is 1. The van der Waals surface area contributed by atoms with Gasteiger partial charge in [-0.3, -0.25) is 4.68 Å². The van der Waals surface area contributed by atoms with E-state index in [2.05, 4.69) is 46.6 Å². The summed E-state index contributed by atoms with van der Waals surface area (Å²) in [6, 6.07) is 9.09. The molecule has 0 amide bonds. The monoisotopic (exact) mass is 242 g/mol. The van der Waals surface area contributed by atoms with Gasteiger partial charge in [-0.1, -0.05) is 18.2 Å². The molecular formula is C14H18N4. The fourth-order valence-electron chi connectivity index (χ4n) is 2.78. The first-order valence-corrected chi connectivity index (χ1v) is 6.42. The molecule has 1 aliphatic rings. The first kappa shape index (κ1) is 11.3. The molecule has 2 heterocycles. The Hall–Kier alpha value is -1.84. The second-order valence-electron chi connectivity index (χ2n) is 5.07. The van der Waals surface area contributed by atoms with Crippen molar-refractivity contribution in [2.24, 2.45) is 7.05 Å². The van der Waals surface area contributed by atoms with Crippen LogP contribution >= 0.6 is 0 Å². The molecule has 4 heteroatoms. The van der Waals surface area contributed by atoms with Crippen LogP contribution in [0.2, 0.25) is 0 Å². The van der Waals surface area contributed by atoms with Gasteiger partial charge in [0.05, 0.1) is 0 Å². The number of hydrogen-bond acceptors (Lipinski definition) is 3. The highest BCUT2D eigenvalue weighted by Crippen LogP contribution is 2.35. The molecule has 0 saturated heterocycles. The van der Waals surface area contributed by atoms with Crippen LogP contribution in [-0.2, 0) is 13.5 Å². The molecule has 2 unspecified atom stereocenters. The largest absolute Gasteiger partial charge is 0.382 e. The Bertz CT molecular complexity index is 546. The molecule has 2 aromatic rings. The zero-order chi connectivity index (χ0) is 12.5. The lowest BCUT2D eigenvalue weighted by Gasteiger charge is -2.31. The smallest absolute Gasteiger partial charge is 0.138 e. The molecule has 18 heavy (non-hydrogen) atoms. The Morgan fingerprint density at radius 3 is 3.00 bits per heavy atom. The Labute approximate surface area is 107 Å². The van der Waals surface area contributed by atoms with Gasteiger partial charge in [0.15, 0.2) is 0 Å². The van der Waals surface area contributed by atoms with Crippen LogP contribution < -0.4 is 5.32 Å². The van der Waals surface area contributed by atoms with Crippen molar-refractivity contribution in [3.05, 3.63) is 42.0 Å². The molecule has 1 aromatic carbocycles. The first-order valence-electron chi connectivity index (χ1n) is 6.42. The maximum absolute atomic E-state index is 4.34. The number of nitrogens with zero attached hydrogens (tertiary/aromatic N) is 3. The molecule has 4 nitrogen and oxygen atoms in total. The van der Waals surface area contributed by atoms with E-state index in [4.69, 9.17) is 0 Å². The molecule has 3 rings (SSSR count). The SMILES string of the molecule is CC1CC(Cc2ncnn2C)c2ccccc2N1. The van der Waals surface area contributed by atoms with Crippen LogP contribution in [0.5, 0.6) is 0 Å². The molecule has 0 saturated carbocycles. The highest BCUT2D eigenvalue weighted by atomic mass is 15.3. The van der Waals surface area contributed by atoms with Gasteiger partial charge in [-0.25, -0.2) is 4.98 Å². The number of rotatable bonds is 2. The van der Waals surface area contributed by atoms with E-state index < -0.39 is 0 Å². The average Bonchev–Trinajstić information content (AvgIpc) is 2.75. The minimum atomic E-state index is 0.512. The van der Waals surface area contributed by atoms with Gasteiger partial charge in [0.1, 0.15) is 12.2 Å². The number of aromatic nitrogens is 3. The molecule has 0 bridgehead atoms. The standard InChI is InChI=1S/C14H18N4/c1-10-7-11(8-14-15-9-16-18(14)2)12-5-3-4-6-13(12)17-10/h3-6,9-11,17H,7-8H2,1-2H3. The minimum Gasteiger partial charge on any atom is -0.382 e. The predicted octanol–water partition coefficient (Wildman–Crippen LogP) is 2.35. The summed E-state index contributed by atoms with van der Waals surface area (Å²) in [5, 5.41) is 7.69. The van der Waals surface area contributed by atoms with Crippen molar-refractivity contribution >= 4 is 5.69 Å². The van der Waals surface area contributed by atoms with Gasteiger partial charge >= 0.3 is 0 Å². The van der Waals surface area contributed by atoms with E-state index >= 15 is 0 Å². The van der Waals surface area contributed by atoms with Gasteiger partial charge < -0.3 is 5.32 Å². The summed E-state index contributed by atoms with van der Waals surface area (Å²) in [5.74, 6) is 1.59. The van der Waals surface area contributed by atoms with Crippen molar-refractivity contribution in [2.45, 2.75) is 31.7 Å². The van der Waals surface area contributed by atoms with Crippen molar-refractivity contribution in [2.75, 3.05) is 5.32 Å². The predicted molar refractivity (Wildman–Crippen MR) is 71.6 cm³/mol. The zero-order valence-corrected chi connectivity index (χ0v) is 10.8. The van der Waals surface area contributed by atoms with Crippen molar-refractivity contribution in [1.82, 2.24) is 14.8 Å². The van der Waals surface area contributed by atoms with Crippen LogP contribution in [-0.4, -0.2) is 20.8 Å². The van der Waals surface area contributed by atoms with Gasteiger partial charge in [0, 0.05) is 25.2 Å². The van der Waals surface area contributed by atoms with Crippen molar-refractivity contribution in [3.63, 3.8) is 0 Å². The Balaban J connectivity index is 1.91. The third-order valence-electron chi connectivity index (χ3n) is 3.67.